The maximum atomic E-state index is 13.0. The molecular formula is C23H18FN3O2. The van der Waals surface area contributed by atoms with E-state index in [1.807, 2.05) is 30.3 Å². The highest BCUT2D eigenvalue weighted by Crippen LogP contribution is 2.20. The summed E-state index contributed by atoms with van der Waals surface area (Å²) in [6.07, 6.45) is 0. The molecule has 1 aromatic heterocycles. The topological polar surface area (TPSA) is 67.0 Å². The molecule has 6 heteroatoms. The molecule has 3 aromatic carbocycles. The lowest BCUT2D eigenvalue weighted by molar-refractivity contribution is 0.102. The SMILES string of the molecule is O=C(Nc1ccc(OCc2ccccc2)cc1)c1cc(-c2ccc(F)cc2)n[nH]1. The first-order valence-electron chi connectivity index (χ1n) is 9.07. The first-order valence-corrected chi connectivity index (χ1v) is 9.07. The molecule has 0 atom stereocenters. The van der Waals surface area contributed by atoms with Crippen LogP contribution >= 0.6 is 0 Å². The molecule has 1 heterocycles. The second-order valence-corrected chi connectivity index (χ2v) is 6.43. The molecule has 29 heavy (non-hydrogen) atoms. The summed E-state index contributed by atoms with van der Waals surface area (Å²) < 4.78 is 18.8. The number of nitrogens with zero attached hydrogens (tertiary/aromatic N) is 1. The van der Waals surface area contributed by atoms with Crippen LogP contribution in [0.15, 0.2) is 84.9 Å². The lowest BCUT2D eigenvalue weighted by Crippen LogP contribution is -2.12. The van der Waals surface area contributed by atoms with E-state index in [0.29, 0.717) is 29.4 Å². The van der Waals surface area contributed by atoms with Crippen molar-refractivity contribution in [2.24, 2.45) is 0 Å². The van der Waals surface area contributed by atoms with Gasteiger partial charge in [0.05, 0.1) is 5.69 Å². The minimum Gasteiger partial charge on any atom is -0.489 e. The van der Waals surface area contributed by atoms with Crippen molar-refractivity contribution in [1.82, 2.24) is 10.2 Å². The Kier molecular flexibility index (Phi) is 5.33. The molecule has 0 fully saturated rings. The van der Waals surface area contributed by atoms with Gasteiger partial charge in [-0.3, -0.25) is 9.89 Å². The molecule has 5 nitrogen and oxygen atoms in total. The molecule has 0 bridgehead atoms. The minimum atomic E-state index is -0.321. The third kappa shape index (κ3) is 4.68. The second-order valence-electron chi connectivity index (χ2n) is 6.43. The number of rotatable bonds is 6. The number of carbonyl (C=O) groups excluding carboxylic acids is 1. The van der Waals surface area contributed by atoms with E-state index in [2.05, 4.69) is 15.5 Å². The summed E-state index contributed by atoms with van der Waals surface area (Å²) in [5.74, 6) is 0.0780. The van der Waals surface area contributed by atoms with E-state index in [0.717, 1.165) is 11.1 Å². The molecule has 0 radical (unpaired) electrons. The predicted molar refractivity (Wildman–Crippen MR) is 109 cm³/mol. The Bertz CT molecular complexity index is 1090. The smallest absolute Gasteiger partial charge is 0.273 e. The molecule has 1 amide bonds. The van der Waals surface area contributed by atoms with E-state index >= 15 is 0 Å². The molecule has 0 saturated carbocycles. The minimum absolute atomic E-state index is 0.314. The van der Waals surface area contributed by atoms with E-state index < -0.39 is 0 Å². The Balaban J connectivity index is 1.36. The van der Waals surface area contributed by atoms with Crippen LogP contribution in [-0.4, -0.2) is 16.1 Å². The number of hydrogen-bond acceptors (Lipinski definition) is 3. The third-order valence-electron chi connectivity index (χ3n) is 4.32. The molecule has 4 aromatic rings. The molecule has 0 aliphatic carbocycles. The molecule has 0 saturated heterocycles. The average Bonchev–Trinajstić information content (AvgIpc) is 3.25. The number of nitrogens with one attached hydrogen (secondary N) is 2. The van der Waals surface area contributed by atoms with Crippen molar-refractivity contribution in [2.45, 2.75) is 6.61 Å². The van der Waals surface area contributed by atoms with E-state index in [4.69, 9.17) is 4.74 Å². The van der Waals surface area contributed by atoms with Gasteiger partial charge in [0.2, 0.25) is 0 Å². The van der Waals surface area contributed by atoms with Gasteiger partial charge < -0.3 is 10.1 Å². The van der Waals surface area contributed by atoms with Crippen LogP contribution in [0.2, 0.25) is 0 Å². The van der Waals surface area contributed by atoms with E-state index in [1.54, 1.807) is 42.5 Å². The number of carbonyl (C=O) groups is 1. The van der Waals surface area contributed by atoms with Crippen LogP contribution in [0, 0.1) is 5.82 Å². The Morgan fingerprint density at radius 3 is 2.41 bits per heavy atom. The normalized spacial score (nSPS) is 10.5. The van der Waals surface area contributed by atoms with Gasteiger partial charge in [-0.1, -0.05) is 30.3 Å². The molecule has 0 aliphatic heterocycles. The third-order valence-corrected chi connectivity index (χ3v) is 4.32. The Morgan fingerprint density at radius 2 is 1.69 bits per heavy atom. The van der Waals surface area contributed by atoms with Crippen LogP contribution in [0.4, 0.5) is 10.1 Å². The van der Waals surface area contributed by atoms with Gasteiger partial charge >= 0.3 is 0 Å². The number of ether oxygens (including phenoxy) is 1. The van der Waals surface area contributed by atoms with Crippen LogP contribution in [0.25, 0.3) is 11.3 Å². The highest BCUT2D eigenvalue weighted by Gasteiger charge is 2.11. The van der Waals surface area contributed by atoms with Gasteiger partial charge in [0.15, 0.2) is 0 Å². The maximum absolute atomic E-state index is 13.0. The lowest BCUT2D eigenvalue weighted by atomic mass is 10.1. The zero-order valence-electron chi connectivity index (χ0n) is 15.4. The fourth-order valence-electron chi connectivity index (χ4n) is 2.78. The number of aromatic amines is 1. The zero-order chi connectivity index (χ0) is 20.1. The van der Waals surface area contributed by atoms with Crippen molar-refractivity contribution in [2.75, 3.05) is 5.32 Å². The molecule has 0 aliphatic rings. The number of H-pyrrole nitrogens is 1. The van der Waals surface area contributed by atoms with Crippen LogP contribution in [0.5, 0.6) is 5.75 Å². The van der Waals surface area contributed by atoms with Crippen molar-refractivity contribution in [1.29, 1.82) is 0 Å². The average molecular weight is 387 g/mol. The summed E-state index contributed by atoms with van der Waals surface area (Å²) in [4.78, 5) is 12.4. The summed E-state index contributed by atoms with van der Waals surface area (Å²) in [7, 11) is 0. The summed E-state index contributed by atoms with van der Waals surface area (Å²) >= 11 is 0. The molecular weight excluding hydrogens is 369 g/mol. The highest BCUT2D eigenvalue weighted by molar-refractivity contribution is 6.03. The number of aromatic nitrogens is 2. The van der Waals surface area contributed by atoms with Gasteiger partial charge in [-0.05, 0) is 60.2 Å². The lowest BCUT2D eigenvalue weighted by Gasteiger charge is -2.08. The largest absolute Gasteiger partial charge is 0.489 e. The Morgan fingerprint density at radius 1 is 0.966 bits per heavy atom. The number of hydrogen-bond donors (Lipinski definition) is 2. The van der Waals surface area contributed by atoms with Gasteiger partial charge in [-0.25, -0.2) is 4.39 Å². The molecule has 0 unspecified atom stereocenters. The van der Waals surface area contributed by atoms with Crippen LogP contribution < -0.4 is 10.1 Å². The monoisotopic (exact) mass is 387 g/mol. The maximum Gasteiger partial charge on any atom is 0.273 e. The zero-order valence-corrected chi connectivity index (χ0v) is 15.4. The van der Waals surface area contributed by atoms with Crippen LogP contribution in [0.3, 0.4) is 0 Å². The quantitative estimate of drug-likeness (QED) is 0.487. The number of amides is 1. The van der Waals surface area contributed by atoms with E-state index in [9.17, 15) is 9.18 Å². The van der Waals surface area contributed by atoms with Crippen LogP contribution in [-0.2, 0) is 6.61 Å². The molecule has 144 valence electrons. The van der Waals surface area contributed by atoms with Crippen molar-refractivity contribution < 1.29 is 13.9 Å². The summed E-state index contributed by atoms with van der Waals surface area (Å²) in [6.45, 7) is 0.479. The standard InChI is InChI=1S/C23H18FN3O2/c24-18-8-6-17(7-9-18)21-14-22(27-26-21)23(28)25-19-10-12-20(13-11-19)29-15-16-4-2-1-3-5-16/h1-14H,15H2,(H,25,28)(H,26,27). The van der Waals surface area contributed by atoms with Crippen LogP contribution in [0.1, 0.15) is 16.1 Å². The van der Waals surface area contributed by atoms with Gasteiger partial charge in [0.1, 0.15) is 23.9 Å². The first kappa shape index (κ1) is 18.4. The van der Waals surface area contributed by atoms with Gasteiger partial charge in [0, 0.05) is 11.3 Å². The molecule has 4 rings (SSSR count). The van der Waals surface area contributed by atoms with Crippen molar-refractivity contribution in [3.8, 4) is 17.0 Å². The number of benzene rings is 3. The predicted octanol–water partition coefficient (Wildman–Crippen LogP) is 5.05. The fourth-order valence-corrected chi connectivity index (χ4v) is 2.78. The summed E-state index contributed by atoms with van der Waals surface area (Å²) in [5.41, 5.74) is 3.33. The number of halogens is 1. The van der Waals surface area contributed by atoms with E-state index in [-0.39, 0.29) is 11.7 Å². The first-order chi connectivity index (χ1) is 14.2. The Hall–Kier alpha value is -3.93. The highest BCUT2D eigenvalue weighted by atomic mass is 19.1. The van der Waals surface area contributed by atoms with Gasteiger partial charge in [-0.2, -0.15) is 5.10 Å². The van der Waals surface area contributed by atoms with Crippen molar-refractivity contribution >= 4 is 11.6 Å². The van der Waals surface area contributed by atoms with E-state index in [1.165, 1.54) is 12.1 Å². The van der Waals surface area contributed by atoms with Crippen molar-refractivity contribution in [3.05, 3.63) is 102 Å². The molecule has 2 N–H and O–H groups in total. The summed E-state index contributed by atoms with van der Waals surface area (Å²) in [6, 6.07) is 24.6. The Labute approximate surface area is 167 Å². The van der Waals surface area contributed by atoms with Crippen molar-refractivity contribution in [3.63, 3.8) is 0 Å². The van der Waals surface area contributed by atoms with Gasteiger partial charge in [0.25, 0.3) is 5.91 Å². The molecule has 0 spiro atoms. The summed E-state index contributed by atoms with van der Waals surface area (Å²) in [5, 5.41) is 9.63. The second kappa shape index (κ2) is 8.39. The number of anilines is 1. The van der Waals surface area contributed by atoms with Gasteiger partial charge in [-0.15, -0.1) is 0 Å². The fraction of sp³-hybridized carbons (Fsp3) is 0.0435.